The number of esters is 1. The third kappa shape index (κ3) is 10.7. The van der Waals surface area contributed by atoms with Gasteiger partial charge >= 0.3 is 5.97 Å². The molecule has 2 heterocycles. The number of ether oxygens (including phenoxy) is 6. The highest BCUT2D eigenvalue weighted by molar-refractivity contribution is 5.84. The van der Waals surface area contributed by atoms with Crippen LogP contribution in [0.3, 0.4) is 0 Å². The molecule has 2 saturated heterocycles. The van der Waals surface area contributed by atoms with Gasteiger partial charge in [0, 0.05) is 50.0 Å². The second kappa shape index (κ2) is 19.0. The first kappa shape index (κ1) is 47.8. The SMILES string of the molecule is CCC(=O)OC1C(OC2C(C)C(OC3CC(C)(OC)C(O)C(C)O3)C(C)C(=O)CC(CC)C(C)(O)C(O)C(C)C(=O)C(C)CC2(C)O)OC(C)CC1N(C)C. The molecular formula is C41H73NO13. The number of likely N-dealkylation sites (N-methyl/N-ethyl adjacent to an activating group) is 1. The van der Waals surface area contributed by atoms with E-state index in [2.05, 4.69) is 0 Å². The van der Waals surface area contributed by atoms with Crippen LogP contribution < -0.4 is 0 Å². The van der Waals surface area contributed by atoms with Crippen LogP contribution in [0.1, 0.15) is 115 Å². The van der Waals surface area contributed by atoms with E-state index in [1.54, 1.807) is 55.4 Å². The highest BCUT2D eigenvalue weighted by atomic mass is 16.7. The monoisotopic (exact) mass is 788 g/mol. The van der Waals surface area contributed by atoms with Crippen molar-refractivity contribution in [1.82, 2.24) is 4.90 Å². The molecule has 0 aromatic rings. The number of hydrogen-bond acceptors (Lipinski definition) is 14. The fraction of sp³-hybridized carbons (Fsp3) is 0.927. The Morgan fingerprint density at radius 1 is 0.891 bits per heavy atom. The number of ketones is 2. The molecule has 0 radical (unpaired) electrons. The molecule has 3 aliphatic rings. The van der Waals surface area contributed by atoms with Crippen molar-refractivity contribution in [2.45, 2.75) is 193 Å². The lowest BCUT2D eigenvalue weighted by Crippen LogP contribution is -2.61. The minimum absolute atomic E-state index is 0.117. The maximum Gasteiger partial charge on any atom is 0.306 e. The van der Waals surface area contributed by atoms with E-state index in [0.29, 0.717) is 12.8 Å². The molecule has 0 aromatic carbocycles. The molecule has 55 heavy (non-hydrogen) atoms. The van der Waals surface area contributed by atoms with Gasteiger partial charge < -0.3 is 53.7 Å². The maximum atomic E-state index is 14.4. The van der Waals surface area contributed by atoms with Crippen molar-refractivity contribution >= 4 is 17.5 Å². The van der Waals surface area contributed by atoms with Crippen molar-refractivity contribution in [2.24, 2.45) is 29.6 Å². The standard InChI is InChI=1S/C41H73NO13/c1-15-27-18-29(43)23(5)33(54-31-20-40(10,50-14)36(47)26(8)52-31)25(7)37(39(9,48)19-21(3)32(45)24(6)35(46)41(27,11)49)55-38-34(53-30(44)16-2)28(42(12)13)17-22(4)51-38/h21-28,31,33-38,46-49H,15-20H2,1-14H3. The summed E-state index contributed by atoms with van der Waals surface area (Å²) in [6, 6.07) is -0.299. The highest BCUT2D eigenvalue weighted by Crippen LogP contribution is 2.42. The fourth-order valence-electron chi connectivity index (χ4n) is 9.19. The Bertz CT molecular complexity index is 1290. The van der Waals surface area contributed by atoms with Gasteiger partial charge in [-0.05, 0) is 67.5 Å². The summed E-state index contributed by atoms with van der Waals surface area (Å²) < 4.78 is 37.9. The zero-order valence-electron chi connectivity index (χ0n) is 35.8. The molecule has 2 aliphatic heterocycles. The summed E-state index contributed by atoms with van der Waals surface area (Å²) in [6.07, 6.45) is -7.79. The van der Waals surface area contributed by atoms with Crippen molar-refractivity contribution in [2.75, 3.05) is 21.2 Å². The number of carbonyl (C=O) groups is 3. The summed E-state index contributed by atoms with van der Waals surface area (Å²) in [5.41, 5.74) is -4.63. The van der Waals surface area contributed by atoms with E-state index in [-0.39, 0.29) is 49.4 Å². The van der Waals surface area contributed by atoms with Gasteiger partial charge in [0.05, 0.1) is 53.4 Å². The summed E-state index contributed by atoms with van der Waals surface area (Å²) in [4.78, 5) is 43.2. The number of hydrogen-bond donors (Lipinski definition) is 4. The van der Waals surface area contributed by atoms with Crippen LogP contribution in [0.4, 0.5) is 0 Å². The van der Waals surface area contributed by atoms with E-state index < -0.39 is 102 Å². The van der Waals surface area contributed by atoms with E-state index in [9.17, 15) is 34.8 Å². The molecule has 18 atom stereocenters. The summed E-state index contributed by atoms with van der Waals surface area (Å²) in [5, 5.41) is 46.8. The molecule has 14 heteroatoms. The molecule has 0 amide bonds. The van der Waals surface area contributed by atoms with Gasteiger partial charge in [-0.1, -0.05) is 48.0 Å². The van der Waals surface area contributed by atoms with E-state index in [1.807, 2.05) is 32.8 Å². The number of rotatable bonds is 9. The van der Waals surface area contributed by atoms with Crippen LogP contribution in [-0.2, 0) is 42.8 Å². The summed E-state index contributed by atoms with van der Waals surface area (Å²) in [7, 11) is 5.26. The van der Waals surface area contributed by atoms with Gasteiger partial charge in [-0.3, -0.25) is 14.4 Å². The normalized spacial score (nSPS) is 47.0. The number of nitrogens with zero attached hydrogens (tertiary/aromatic N) is 1. The van der Waals surface area contributed by atoms with Crippen LogP contribution in [0.25, 0.3) is 0 Å². The van der Waals surface area contributed by atoms with Crippen molar-refractivity contribution in [1.29, 1.82) is 0 Å². The quantitative estimate of drug-likeness (QED) is 0.249. The maximum absolute atomic E-state index is 14.4. The third-order valence-corrected chi connectivity index (χ3v) is 13.0. The molecule has 0 bridgehead atoms. The van der Waals surface area contributed by atoms with Gasteiger partial charge in [-0.25, -0.2) is 0 Å². The zero-order valence-corrected chi connectivity index (χ0v) is 35.8. The smallest absolute Gasteiger partial charge is 0.306 e. The molecule has 14 nitrogen and oxygen atoms in total. The average Bonchev–Trinajstić information content (AvgIpc) is 3.11. The van der Waals surface area contributed by atoms with Crippen LogP contribution in [0, 0.1) is 29.6 Å². The highest BCUT2D eigenvalue weighted by Gasteiger charge is 2.53. The summed E-state index contributed by atoms with van der Waals surface area (Å²) >= 11 is 0. The summed E-state index contributed by atoms with van der Waals surface area (Å²) in [5.74, 6) is -5.30. The molecular weight excluding hydrogens is 714 g/mol. The van der Waals surface area contributed by atoms with Crippen LogP contribution in [0.15, 0.2) is 0 Å². The molecule has 320 valence electrons. The van der Waals surface area contributed by atoms with Crippen molar-refractivity contribution in [3.05, 3.63) is 0 Å². The van der Waals surface area contributed by atoms with Crippen LogP contribution in [0.2, 0.25) is 0 Å². The first-order chi connectivity index (χ1) is 25.4. The second-order valence-electron chi connectivity index (χ2n) is 17.7. The van der Waals surface area contributed by atoms with E-state index in [4.69, 9.17) is 28.4 Å². The molecule has 1 saturated carbocycles. The Hall–Kier alpha value is -1.59. The van der Waals surface area contributed by atoms with Gasteiger partial charge in [0.25, 0.3) is 0 Å². The Balaban J connectivity index is 2.24. The Labute approximate surface area is 328 Å². The van der Waals surface area contributed by atoms with Crippen molar-refractivity contribution in [3.63, 3.8) is 0 Å². The van der Waals surface area contributed by atoms with Crippen molar-refractivity contribution in [3.8, 4) is 0 Å². The zero-order chi connectivity index (χ0) is 42.0. The first-order valence-corrected chi connectivity index (χ1v) is 20.3. The van der Waals surface area contributed by atoms with Gasteiger partial charge in [0.1, 0.15) is 17.7 Å². The largest absolute Gasteiger partial charge is 0.455 e. The number of aliphatic hydroxyl groups is 4. The van der Waals surface area contributed by atoms with Gasteiger partial charge in [-0.2, -0.15) is 0 Å². The van der Waals surface area contributed by atoms with E-state index in [1.165, 1.54) is 14.0 Å². The van der Waals surface area contributed by atoms with E-state index >= 15 is 0 Å². The van der Waals surface area contributed by atoms with Crippen LogP contribution in [0.5, 0.6) is 0 Å². The summed E-state index contributed by atoms with van der Waals surface area (Å²) in [6.45, 7) is 18.6. The predicted molar refractivity (Wildman–Crippen MR) is 204 cm³/mol. The van der Waals surface area contributed by atoms with Crippen LogP contribution >= 0.6 is 0 Å². The molecule has 3 rings (SSSR count). The minimum atomic E-state index is -1.79. The van der Waals surface area contributed by atoms with Crippen LogP contribution in [-0.4, -0.2) is 142 Å². The third-order valence-electron chi connectivity index (χ3n) is 13.0. The Kier molecular flexibility index (Phi) is 16.5. The lowest BCUT2D eigenvalue weighted by molar-refractivity contribution is -0.318. The van der Waals surface area contributed by atoms with Gasteiger partial charge in [0.2, 0.25) is 0 Å². The molecule has 1 aliphatic carbocycles. The number of Topliss-reactive ketones (excluding diaryl/α,β-unsaturated/α-hetero) is 2. The van der Waals surface area contributed by atoms with Gasteiger partial charge in [-0.15, -0.1) is 0 Å². The van der Waals surface area contributed by atoms with E-state index in [0.717, 1.165) is 0 Å². The lowest BCUT2D eigenvalue weighted by atomic mass is 9.70. The average molecular weight is 788 g/mol. The topological polar surface area (TPSA) is 191 Å². The lowest BCUT2D eigenvalue weighted by Gasteiger charge is -2.49. The Morgan fingerprint density at radius 2 is 1.51 bits per heavy atom. The fourth-order valence-corrected chi connectivity index (χ4v) is 9.19. The minimum Gasteiger partial charge on any atom is -0.455 e. The van der Waals surface area contributed by atoms with Gasteiger partial charge in [0.15, 0.2) is 18.7 Å². The second-order valence-corrected chi connectivity index (χ2v) is 17.7. The molecule has 0 spiro atoms. The number of aliphatic hydroxyl groups excluding tert-OH is 2. The molecule has 0 aromatic heterocycles. The first-order valence-electron chi connectivity index (χ1n) is 20.3. The predicted octanol–water partition coefficient (Wildman–Crippen LogP) is 3.41. The number of methoxy groups -OCH3 is 1. The van der Waals surface area contributed by atoms with Crippen molar-refractivity contribution < 1.29 is 63.2 Å². The molecule has 18 unspecified atom stereocenters. The Morgan fingerprint density at radius 3 is 2.05 bits per heavy atom. The number of carbonyl (C=O) groups excluding carboxylic acids is 3. The molecule has 3 fully saturated rings. The molecule has 4 N–H and O–H groups in total.